The lowest BCUT2D eigenvalue weighted by atomic mass is 9.80. The summed E-state index contributed by atoms with van der Waals surface area (Å²) in [6, 6.07) is 3.80. The van der Waals surface area contributed by atoms with E-state index in [1.54, 1.807) is 4.57 Å². The summed E-state index contributed by atoms with van der Waals surface area (Å²) in [5.74, 6) is 2.90. The van der Waals surface area contributed by atoms with E-state index >= 15 is 0 Å². The van der Waals surface area contributed by atoms with Gasteiger partial charge in [-0.05, 0) is 62.0 Å². The number of nitrogens with zero attached hydrogens (tertiary/aromatic N) is 1. The number of nitrogens with one attached hydrogen (secondary N) is 1. The van der Waals surface area contributed by atoms with Crippen molar-refractivity contribution < 1.29 is 4.79 Å². The van der Waals surface area contributed by atoms with Gasteiger partial charge in [-0.2, -0.15) is 0 Å². The summed E-state index contributed by atoms with van der Waals surface area (Å²) in [7, 11) is 0. The molecule has 1 aromatic heterocycles. The molecule has 0 radical (unpaired) electrons. The van der Waals surface area contributed by atoms with Crippen molar-refractivity contribution in [2.24, 2.45) is 17.8 Å². The fourth-order valence-electron chi connectivity index (χ4n) is 4.93. The molecule has 1 heterocycles. The molecule has 4 bridgehead atoms. The van der Waals surface area contributed by atoms with Gasteiger partial charge in [-0.15, -0.1) is 0 Å². The van der Waals surface area contributed by atoms with Crippen LogP contribution in [0.1, 0.15) is 36.9 Å². The number of rotatable bonds is 3. The van der Waals surface area contributed by atoms with Crippen molar-refractivity contribution in [1.82, 2.24) is 9.88 Å². The van der Waals surface area contributed by atoms with Crippen LogP contribution in [-0.2, 0) is 0 Å². The van der Waals surface area contributed by atoms with Crippen LogP contribution in [0, 0.1) is 17.8 Å². The Hall–Kier alpha value is -1.09. The standard InChI is InChI=1S/C15H20N2O/c18-14(17-3-1-2-4-17)10-16-15-8-11-5-12(9-15)7-13(15)6-11/h1-4,11-13,16H,5-10H2/t11-,12-,13?,15?/m0/s1. The highest BCUT2D eigenvalue weighted by atomic mass is 16.2. The van der Waals surface area contributed by atoms with Gasteiger partial charge >= 0.3 is 0 Å². The van der Waals surface area contributed by atoms with Crippen LogP contribution in [0.3, 0.4) is 0 Å². The van der Waals surface area contributed by atoms with E-state index < -0.39 is 0 Å². The number of carbonyl (C=O) groups is 1. The zero-order chi connectivity index (χ0) is 12.2. The summed E-state index contributed by atoms with van der Waals surface area (Å²) in [4.78, 5) is 12.0. The lowest BCUT2D eigenvalue weighted by Gasteiger charge is -2.33. The highest BCUT2D eigenvalue weighted by Crippen LogP contribution is 2.60. The molecule has 0 unspecified atom stereocenters. The lowest BCUT2D eigenvalue weighted by molar-refractivity contribution is 0.0890. The van der Waals surface area contributed by atoms with Crippen LogP contribution in [0.15, 0.2) is 24.5 Å². The van der Waals surface area contributed by atoms with Crippen molar-refractivity contribution in [2.75, 3.05) is 6.54 Å². The fraction of sp³-hybridized carbons (Fsp3) is 0.667. The molecule has 96 valence electrons. The van der Waals surface area contributed by atoms with Gasteiger partial charge in [0.25, 0.3) is 0 Å². The van der Waals surface area contributed by atoms with E-state index in [1.165, 1.54) is 32.1 Å². The van der Waals surface area contributed by atoms with Crippen LogP contribution in [0.25, 0.3) is 0 Å². The highest BCUT2D eigenvalue weighted by molar-refractivity contribution is 5.80. The molecule has 0 aliphatic heterocycles. The fourth-order valence-corrected chi connectivity index (χ4v) is 4.93. The van der Waals surface area contributed by atoms with Gasteiger partial charge in [0, 0.05) is 17.9 Å². The van der Waals surface area contributed by atoms with Crippen LogP contribution in [0.4, 0.5) is 0 Å². The highest BCUT2D eigenvalue weighted by Gasteiger charge is 2.57. The Bertz CT molecular complexity index is 451. The smallest absolute Gasteiger partial charge is 0.244 e. The van der Waals surface area contributed by atoms with Gasteiger partial charge in [-0.1, -0.05) is 0 Å². The maximum atomic E-state index is 12.0. The first-order valence-electron chi connectivity index (χ1n) is 7.16. The summed E-state index contributed by atoms with van der Waals surface area (Å²) in [5.41, 5.74) is 0.316. The van der Waals surface area contributed by atoms with Crippen LogP contribution in [0.2, 0.25) is 0 Å². The minimum absolute atomic E-state index is 0.167. The molecule has 2 atom stereocenters. The largest absolute Gasteiger partial charge is 0.303 e. The third-order valence-corrected chi connectivity index (χ3v) is 5.47. The third-order valence-electron chi connectivity index (χ3n) is 5.47. The lowest BCUT2D eigenvalue weighted by Crippen LogP contribution is -2.49. The molecule has 4 fully saturated rings. The van der Waals surface area contributed by atoms with E-state index in [-0.39, 0.29) is 5.91 Å². The Balaban J connectivity index is 1.45. The van der Waals surface area contributed by atoms with Crippen molar-refractivity contribution in [1.29, 1.82) is 0 Å². The molecule has 18 heavy (non-hydrogen) atoms. The quantitative estimate of drug-likeness (QED) is 0.885. The van der Waals surface area contributed by atoms with Crippen LogP contribution in [0.5, 0.6) is 0 Å². The second-order valence-corrected chi connectivity index (χ2v) is 6.54. The predicted molar refractivity (Wildman–Crippen MR) is 69.3 cm³/mol. The molecule has 5 rings (SSSR count). The molecule has 3 heteroatoms. The average molecular weight is 244 g/mol. The van der Waals surface area contributed by atoms with Crippen molar-refractivity contribution in [3.63, 3.8) is 0 Å². The monoisotopic (exact) mass is 244 g/mol. The van der Waals surface area contributed by atoms with E-state index in [0.717, 1.165) is 17.8 Å². The summed E-state index contributed by atoms with van der Waals surface area (Å²) in [5, 5.41) is 3.64. The topological polar surface area (TPSA) is 34.0 Å². The normalized spacial score (nSPS) is 40.6. The zero-order valence-corrected chi connectivity index (χ0v) is 10.6. The molecule has 4 saturated carbocycles. The summed E-state index contributed by atoms with van der Waals surface area (Å²) < 4.78 is 1.68. The molecule has 4 aliphatic rings. The maximum absolute atomic E-state index is 12.0. The summed E-state index contributed by atoms with van der Waals surface area (Å²) in [6.07, 6.45) is 10.5. The second-order valence-electron chi connectivity index (χ2n) is 6.54. The molecule has 3 nitrogen and oxygen atoms in total. The predicted octanol–water partition coefficient (Wildman–Crippen LogP) is 2.30. The van der Waals surface area contributed by atoms with E-state index in [0.29, 0.717) is 12.1 Å². The zero-order valence-electron chi connectivity index (χ0n) is 10.6. The first-order valence-corrected chi connectivity index (χ1v) is 7.16. The van der Waals surface area contributed by atoms with Crippen LogP contribution >= 0.6 is 0 Å². The van der Waals surface area contributed by atoms with Crippen molar-refractivity contribution in [2.45, 2.75) is 37.6 Å². The number of carbonyl (C=O) groups excluding carboxylic acids is 1. The number of aromatic nitrogens is 1. The Morgan fingerprint density at radius 3 is 2.50 bits per heavy atom. The Morgan fingerprint density at radius 2 is 1.83 bits per heavy atom. The van der Waals surface area contributed by atoms with Gasteiger partial charge in [0.1, 0.15) is 0 Å². The van der Waals surface area contributed by atoms with Crippen molar-refractivity contribution in [3.8, 4) is 0 Å². The molecule has 0 spiro atoms. The first kappa shape index (κ1) is 10.8. The molecule has 1 N–H and O–H groups in total. The molecule has 1 aromatic rings. The van der Waals surface area contributed by atoms with Gasteiger partial charge < -0.3 is 5.32 Å². The number of hydrogen-bond acceptors (Lipinski definition) is 2. The molecule has 0 saturated heterocycles. The third kappa shape index (κ3) is 1.50. The minimum atomic E-state index is 0.167. The van der Waals surface area contributed by atoms with E-state index in [9.17, 15) is 4.79 Å². The minimum Gasteiger partial charge on any atom is -0.303 e. The Morgan fingerprint density at radius 1 is 1.17 bits per heavy atom. The molecular formula is C15H20N2O. The Labute approximate surface area is 108 Å². The summed E-state index contributed by atoms with van der Waals surface area (Å²) in [6.45, 7) is 0.491. The molecular weight excluding hydrogens is 224 g/mol. The van der Waals surface area contributed by atoms with Crippen LogP contribution < -0.4 is 5.32 Å². The molecule has 4 aliphatic carbocycles. The first-order chi connectivity index (χ1) is 8.75. The van der Waals surface area contributed by atoms with Gasteiger partial charge in [0.05, 0.1) is 6.54 Å². The Kier molecular flexibility index (Phi) is 2.22. The van der Waals surface area contributed by atoms with E-state index in [1.807, 2.05) is 24.5 Å². The van der Waals surface area contributed by atoms with Gasteiger partial charge in [-0.3, -0.25) is 9.36 Å². The van der Waals surface area contributed by atoms with Gasteiger partial charge in [0.2, 0.25) is 5.91 Å². The van der Waals surface area contributed by atoms with E-state index in [2.05, 4.69) is 5.32 Å². The van der Waals surface area contributed by atoms with Crippen molar-refractivity contribution >= 4 is 5.91 Å². The maximum Gasteiger partial charge on any atom is 0.244 e. The number of hydrogen-bond donors (Lipinski definition) is 1. The SMILES string of the molecule is O=C(CNC12C[C@@H]3CC1C[C@H](C3)C2)n1cccc1. The molecule has 0 aromatic carbocycles. The second kappa shape index (κ2) is 3.70. The van der Waals surface area contributed by atoms with E-state index in [4.69, 9.17) is 0 Å². The van der Waals surface area contributed by atoms with Crippen molar-refractivity contribution in [3.05, 3.63) is 24.5 Å². The van der Waals surface area contributed by atoms with Gasteiger partial charge in [-0.25, -0.2) is 0 Å². The van der Waals surface area contributed by atoms with Gasteiger partial charge in [0.15, 0.2) is 0 Å². The average Bonchev–Trinajstić information content (AvgIpc) is 3.00. The van der Waals surface area contributed by atoms with Crippen LogP contribution in [-0.4, -0.2) is 22.6 Å². The summed E-state index contributed by atoms with van der Waals surface area (Å²) >= 11 is 0. The molecule has 0 amide bonds.